The average Bonchev–Trinajstić information content (AvgIpc) is 2.52. The molecule has 0 aliphatic carbocycles. The van der Waals surface area contributed by atoms with Gasteiger partial charge in [0.25, 0.3) is 0 Å². The lowest BCUT2D eigenvalue weighted by Crippen LogP contribution is -1.92. The van der Waals surface area contributed by atoms with E-state index in [1.54, 1.807) is 0 Å². The summed E-state index contributed by atoms with van der Waals surface area (Å²) >= 11 is 0. The molecule has 2 heteroatoms. The maximum atomic E-state index is 5.55. The van der Waals surface area contributed by atoms with E-state index in [9.17, 15) is 0 Å². The second-order valence-electron chi connectivity index (χ2n) is 4.09. The van der Waals surface area contributed by atoms with Crippen molar-refractivity contribution < 1.29 is 4.74 Å². The van der Waals surface area contributed by atoms with E-state index in [2.05, 4.69) is 37.6 Å². The Bertz CT molecular complexity index is 511. The Morgan fingerprint density at radius 1 is 1.25 bits per heavy atom. The van der Waals surface area contributed by atoms with Gasteiger partial charge in [-0.15, -0.1) is 0 Å². The van der Waals surface area contributed by atoms with Crippen molar-refractivity contribution in [3.63, 3.8) is 0 Å². The second kappa shape index (κ2) is 4.20. The Hall–Kier alpha value is -1.44. The molecule has 1 aromatic carbocycles. The Kier molecular flexibility index (Phi) is 2.90. The fraction of sp³-hybridized carbons (Fsp3) is 0.429. The van der Waals surface area contributed by atoms with Crippen molar-refractivity contribution in [2.24, 2.45) is 7.05 Å². The third kappa shape index (κ3) is 1.58. The highest BCUT2D eigenvalue weighted by Crippen LogP contribution is 2.28. The summed E-state index contributed by atoms with van der Waals surface area (Å²) in [6, 6.07) is 6.35. The van der Waals surface area contributed by atoms with Gasteiger partial charge in [0.15, 0.2) is 0 Å². The molecule has 2 nitrogen and oxygen atoms in total. The summed E-state index contributed by atoms with van der Waals surface area (Å²) in [5.41, 5.74) is 4.07. The van der Waals surface area contributed by atoms with Crippen LogP contribution >= 0.6 is 0 Å². The Balaban J connectivity index is 2.66. The summed E-state index contributed by atoms with van der Waals surface area (Å²) in [5, 5.41) is 1.33. The van der Waals surface area contributed by atoms with Crippen LogP contribution in [-0.4, -0.2) is 11.2 Å². The molecule has 1 aromatic heterocycles. The van der Waals surface area contributed by atoms with Crippen LogP contribution in [0.3, 0.4) is 0 Å². The zero-order valence-electron chi connectivity index (χ0n) is 10.5. The molecule has 0 atom stereocenters. The lowest BCUT2D eigenvalue weighted by molar-refractivity contribution is 0.340. The molecule has 0 N–H and O–H groups in total. The summed E-state index contributed by atoms with van der Waals surface area (Å²) in [7, 11) is 2.12. The highest BCUT2D eigenvalue weighted by molar-refractivity contribution is 5.86. The fourth-order valence-electron chi connectivity index (χ4n) is 2.33. The normalized spacial score (nSPS) is 11.0. The van der Waals surface area contributed by atoms with Crippen LogP contribution < -0.4 is 4.74 Å². The molecule has 0 radical (unpaired) electrons. The zero-order valence-corrected chi connectivity index (χ0v) is 10.5. The van der Waals surface area contributed by atoms with Crippen molar-refractivity contribution in [2.75, 3.05) is 6.61 Å². The molecule has 0 fully saturated rings. The molecule has 1 heterocycles. The van der Waals surface area contributed by atoms with Gasteiger partial charge in [-0.2, -0.15) is 0 Å². The first kappa shape index (κ1) is 11.1. The van der Waals surface area contributed by atoms with Crippen molar-refractivity contribution in [1.29, 1.82) is 0 Å². The van der Waals surface area contributed by atoms with Crippen LogP contribution in [0.4, 0.5) is 0 Å². The van der Waals surface area contributed by atoms with Crippen molar-refractivity contribution in [3.05, 3.63) is 29.5 Å². The molecule has 0 spiro atoms. The van der Waals surface area contributed by atoms with Crippen molar-refractivity contribution >= 4 is 10.9 Å². The number of benzene rings is 1. The van der Waals surface area contributed by atoms with Crippen LogP contribution in [-0.2, 0) is 13.5 Å². The van der Waals surface area contributed by atoms with E-state index in [-0.39, 0.29) is 0 Å². The number of fused-ring (bicyclic) bond motifs is 1. The molecule has 16 heavy (non-hydrogen) atoms. The molecule has 86 valence electrons. The number of hydrogen-bond donors (Lipinski definition) is 0. The van der Waals surface area contributed by atoms with Gasteiger partial charge < -0.3 is 9.30 Å². The van der Waals surface area contributed by atoms with Crippen LogP contribution in [0.1, 0.15) is 25.1 Å². The highest BCUT2D eigenvalue weighted by Gasteiger charge is 2.10. The molecule has 0 saturated heterocycles. The van der Waals surface area contributed by atoms with E-state index in [0.717, 1.165) is 18.8 Å². The SMILES string of the molecule is CCOc1ccc2c(c1)c(CC)c(C)n2C. The number of aromatic nitrogens is 1. The quantitative estimate of drug-likeness (QED) is 0.768. The van der Waals surface area contributed by atoms with E-state index in [0.29, 0.717) is 0 Å². The number of aryl methyl sites for hydroxylation is 2. The maximum Gasteiger partial charge on any atom is 0.120 e. The molecule has 2 aromatic rings. The first-order valence-electron chi connectivity index (χ1n) is 5.89. The van der Waals surface area contributed by atoms with Gasteiger partial charge in [-0.1, -0.05) is 6.92 Å². The lowest BCUT2D eigenvalue weighted by atomic mass is 10.1. The minimum atomic E-state index is 0.721. The van der Waals surface area contributed by atoms with E-state index < -0.39 is 0 Å². The summed E-state index contributed by atoms with van der Waals surface area (Å²) in [6.45, 7) is 7.12. The van der Waals surface area contributed by atoms with E-state index in [4.69, 9.17) is 4.74 Å². The Morgan fingerprint density at radius 2 is 2.00 bits per heavy atom. The van der Waals surface area contributed by atoms with Gasteiger partial charge in [-0.05, 0) is 44.0 Å². The minimum Gasteiger partial charge on any atom is -0.494 e. The zero-order chi connectivity index (χ0) is 11.7. The number of hydrogen-bond acceptors (Lipinski definition) is 1. The number of ether oxygens (including phenoxy) is 1. The van der Waals surface area contributed by atoms with Crippen LogP contribution in [0.25, 0.3) is 10.9 Å². The van der Waals surface area contributed by atoms with Gasteiger partial charge in [0.1, 0.15) is 5.75 Å². The third-order valence-electron chi connectivity index (χ3n) is 3.26. The van der Waals surface area contributed by atoms with Gasteiger partial charge in [-0.3, -0.25) is 0 Å². The molecule has 0 bridgehead atoms. The predicted octanol–water partition coefficient (Wildman–Crippen LogP) is 3.45. The molecule has 0 aliphatic heterocycles. The average molecular weight is 217 g/mol. The molecule has 0 aliphatic rings. The summed E-state index contributed by atoms with van der Waals surface area (Å²) in [4.78, 5) is 0. The fourth-order valence-corrected chi connectivity index (χ4v) is 2.33. The predicted molar refractivity (Wildman–Crippen MR) is 68.2 cm³/mol. The van der Waals surface area contributed by atoms with Gasteiger partial charge in [0.05, 0.1) is 6.61 Å². The number of nitrogens with zero attached hydrogens (tertiary/aromatic N) is 1. The van der Waals surface area contributed by atoms with Crippen molar-refractivity contribution in [2.45, 2.75) is 27.2 Å². The lowest BCUT2D eigenvalue weighted by Gasteiger charge is -2.03. The number of rotatable bonds is 3. The standard InChI is InChI=1S/C14H19NO/c1-5-12-10(3)15(4)14-8-7-11(16-6-2)9-13(12)14/h7-9H,5-6H2,1-4H3. The molecule has 2 rings (SSSR count). The van der Waals surface area contributed by atoms with Crippen LogP contribution in [0.15, 0.2) is 18.2 Å². The Labute approximate surface area is 96.8 Å². The van der Waals surface area contributed by atoms with Crippen molar-refractivity contribution in [1.82, 2.24) is 4.57 Å². The maximum absolute atomic E-state index is 5.55. The molecular formula is C14H19NO. The van der Waals surface area contributed by atoms with Crippen LogP contribution in [0.2, 0.25) is 0 Å². The summed E-state index contributed by atoms with van der Waals surface area (Å²) in [6.07, 6.45) is 1.07. The Morgan fingerprint density at radius 3 is 2.62 bits per heavy atom. The van der Waals surface area contributed by atoms with E-state index in [1.165, 1.54) is 22.2 Å². The second-order valence-corrected chi connectivity index (χ2v) is 4.09. The van der Waals surface area contributed by atoms with Gasteiger partial charge in [0, 0.05) is 23.6 Å². The summed E-state index contributed by atoms with van der Waals surface area (Å²) < 4.78 is 7.81. The monoisotopic (exact) mass is 217 g/mol. The van der Waals surface area contributed by atoms with Crippen molar-refractivity contribution in [3.8, 4) is 5.75 Å². The van der Waals surface area contributed by atoms with Gasteiger partial charge in [-0.25, -0.2) is 0 Å². The first-order valence-corrected chi connectivity index (χ1v) is 5.89. The summed E-state index contributed by atoms with van der Waals surface area (Å²) in [5.74, 6) is 0.968. The first-order chi connectivity index (χ1) is 7.69. The van der Waals surface area contributed by atoms with E-state index >= 15 is 0 Å². The largest absolute Gasteiger partial charge is 0.494 e. The molecule has 0 amide bonds. The van der Waals surface area contributed by atoms with Gasteiger partial charge in [0.2, 0.25) is 0 Å². The smallest absolute Gasteiger partial charge is 0.120 e. The van der Waals surface area contributed by atoms with Gasteiger partial charge >= 0.3 is 0 Å². The van der Waals surface area contributed by atoms with Crippen LogP contribution in [0, 0.1) is 6.92 Å². The highest BCUT2D eigenvalue weighted by atomic mass is 16.5. The molecule has 0 unspecified atom stereocenters. The van der Waals surface area contributed by atoms with Crippen LogP contribution in [0.5, 0.6) is 5.75 Å². The van der Waals surface area contributed by atoms with E-state index in [1.807, 2.05) is 13.0 Å². The minimum absolute atomic E-state index is 0.721. The molecular weight excluding hydrogens is 198 g/mol. The molecule has 0 saturated carbocycles. The topological polar surface area (TPSA) is 14.2 Å². The third-order valence-corrected chi connectivity index (χ3v) is 3.26.